The second-order valence-electron chi connectivity index (χ2n) is 5.00. The summed E-state index contributed by atoms with van der Waals surface area (Å²) in [6, 6.07) is 7.33. The Kier molecular flexibility index (Phi) is 3.44. The van der Waals surface area contributed by atoms with Gasteiger partial charge in [0.15, 0.2) is 5.82 Å². The van der Waals surface area contributed by atoms with Crippen molar-refractivity contribution in [3.05, 3.63) is 47.4 Å². The summed E-state index contributed by atoms with van der Waals surface area (Å²) < 4.78 is 49.3. The molecule has 0 aliphatic rings. The lowest BCUT2D eigenvalue weighted by Gasteiger charge is -2.07. The van der Waals surface area contributed by atoms with Crippen LogP contribution in [0.25, 0.3) is 21.9 Å². The van der Waals surface area contributed by atoms with Gasteiger partial charge in [-0.15, -0.1) is 0 Å². The summed E-state index contributed by atoms with van der Waals surface area (Å²) in [5.41, 5.74) is 0.975. The number of nitrogens with zero attached hydrogens (tertiary/aromatic N) is 2. The molecule has 0 saturated heterocycles. The highest BCUT2D eigenvalue weighted by Gasteiger charge is 2.21. The highest BCUT2D eigenvalue weighted by atomic mass is 35.5. The molecule has 2 aromatic heterocycles. The molecule has 0 atom stereocenters. The van der Waals surface area contributed by atoms with Crippen LogP contribution in [0.5, 0.6) is 0 Å². The fraction of sp³-hybridized carbons (Fsp3) is 0. The van der Waals surface area contributed by atoms with Gasteiger partial charge in [-0.3, -0.25) is 4.72 Å². The summed E-state index contributed by atoms with van der Waals surface area (Å²) in [6.07, 6.45) is 1.38. The zero-order valence-electron chi connectivity index (χ0n) is 11.7. The van der Waals surface area contributed by atoms with Crippen LogP contribution in [0.1, 0.15) is 0 Å². The van der Waals surface area contributed by atoms with Crippen molar-refractivity contribution in [2.45, 2.75) is 4.90 Å². The van der Waals surface area contributed by atoms with E-state index in [0.29, 0.717) is 15.9 Å². The van der Waals surface area contributed by atoms with E-state index < -0.39 is 15.8 Å². The van der Waals surface area contributed by atoms with E-state index in [1.54, 1.807) is 18.2 Å². The third kappa shape index (κ3) is 2.41. The lowest BCUT2D eigenvalue weighted by molar-refractivity contribution is 0.602. The summed E-state index contributed by atoms with van der Waals surface area (Å²) in [6.45, 7) is 0. The van der Waals surface area contributed by atoms with Gasteiger partial charge in [-0.1, -0.05) is 11.6 Å². The van der Waals surface area contributed by atoms with E-state index in [-0.39, 0.29) is 21.6 Å². The molecule has 0 saturated carbocycles. The molecule has 0 fully saturated rings. The first-order valence-corrected chi connectivity index (χ1v) is 9.25. The summed E-state index contributed by atoms with van der Waals surface area (Å²) in [7, 11) is -3.90. The minimum absolute atomic E-state index is 0.0332. The molecule has 4 aromatic rings. The van der Waals surface area contributed by atoms with Gasteiger partial charge >= 0.3 is 0 Å². The molecule has 0 amide bonds. The Morgan fingerprint density at radius 2 is 1.96 bits per heavy atom. The Morgan fingerprint density at radius 3 is 2.79 bits per heavy atom. The Labute approximate surface area is 144 Å². The van der Waals surface area contributed by atoms with Gasteiger partial charge in [0.2, 0.25) is 0 Å². The van der Waals surface area contributed by atoms with Crippen LogP contribution in [0.15, 0.2) is 41.4 Å². The molecule has 10 heteroatoms. The second kappa shape index (κ2) is 5.40. The molecule has 6 nitrogen and oxygen atoms in total. The number of halogens is 2. The number of hydrogen-bond acceptors (Lipinski definition) is 5. The number of rotatable bonds is 3. The smallest absolute Gasteiger partial charge is 0.264 e. The number of benzene rings is 2. The van der Waals surface area contributed by atoms with Crippen LogP contribution in [0.3, 0.4) is 0 Å². The predicted octanol–water partition coefficient (Wildman–Crippen LogP) is 3.77. The monoisotopic (exact) mass is 382 g/mol. The molecule has 2 aromatic carbocycles. The molecule has 0 radical (unpaired) electrons. The van der Waals surface area contributed by atoms with Gasteiger partial charge in [0, 0.05) is 22.1 Å². The maximum atomic E-state index is 13.7. The van der Waals surface area contributed by atoms with E-state index in [9.17, 15) is 12.8 Å². The van der Waals surface area contributed by atoms with Crippen molar-refractivity contribution in [1.82, 2.24) is 13.7 Å². The Bertz CT molecular complexity index is 1190. The van der Waals surface area contributed by atoms with Crippen molar-refractivity contribution in [2.75, 3.05) is 4.72 Å². The number of nitrogens with one attached hydrogen (secondary N) is 2. The summed E-state index contributed by atoms with van der Waals surface area (Å²) in [5, 5.41) is 0.997. The number of aromatic amines is 1. The molecule has 0 aliphatic carbocycles. The summed E-state index contributed by atoms with van der Waals surface area (Å²) in [5.74, 6) is -0.552. The van der Waals surface area contributed by atoms with Crippen molar-refractivity contribution in [3.8, 4) is 0 Å². The van der Waals surface area contributed by atoms with Gasteiger partial charge in [-0.05, 0) is 30.3 Å². The summed E-state index contributed by atoms with van der Waals surface area (Å²) >= 11 is 6.72. The first kappa shape index (κ1) is 15.3. The molecule has 0 aliphatic heterocycles. The minimum atomic E-state index is -3.90. The van der Waals surface area contributed by atoms with Crippen LogP contribution in [0.4, 0.5) is 10.1 Å². The largest absolute Gasteiger partial charge is 0.360 e. The molecule has 24 heavy (non-hydrogen) atoms. The highest BCUT2D eigenvalue weighted by molar-refractivity contribution is 7.93. The van der Waals surface area contributed by atoms with Crippen molar-refractivity contribution in [3.63, 3.8) is 0 Å². The van der Waals surface area contributed by atoms with Gasteiger partial charge in [0.1, 0.15) is 15.9 Å². The van der Waals surface area contributed by atoms with Gasteiger partial charge in [0.25, 0.3) is 10.0 Å². The second-order valence-corrected chi connectivity index (χ2v) is 7.62. The first-order valence-electron chi connectivity index (χ1n) is 6.66. The van der Waals surface area contributed by atoms with Crippen LogP contribution in [-0.4, -0.2) is 22.1 Å². The fourth-order valence-corrected chi connectivity index (χ4v) is 4.39. The van der Waals surface area contributed by atoms with Crippen molar-refractivity contribution >= 4 is 61.0 Å². The third-order valence-corrected chi connectivity index (χ3v) is 5.67. The number of sulfonamides is 1. The van der Waals surface area contributed by atoms with Crippen molar-refractivity contribution < 1.29 is 12.8 Å². The van der Waals surface area contributed by atoms with Crippen LogP contribution in [-0.2, 0) is 10.0 Å². The molecule has 122 valence electrons. The van der Waals surface area contributed by atoms with Crippen LogP contribution < -0.4 is 4.72 Å². The van der Waals surface area contributed by atoms with Gasteiger partial charge in [-0.25, -0.2) is 12.8 Å². The highest BCUT2D eigenvalue weighted by Crippen LogP contribution is 2.29. The molecular weight excluding hydrogens is 375 g/mol. The number of H-pyrrole nitrogens is 1. The van der Waals surface area contributed by atoms with E-state index in [2.05, 4.69) is 18.5 Å². The molecular formula is C14H8ClFN4O2S2. The van der Waals surface area contributed by atoms with Crippen LogP contribution >= 0.6 is 23.3 Å². The maximum Gasteiger partial charge on any atom is 0.264 e. The van der Waals surface area contributed by atoms with Crippen LogP contribution in [0.2, 0.25) is 5.02 Å². The van der Waals surface area contributed by atoms with E-state index >= 15 is 0 Å². The average Bonchev–Trinajstić information content (AvgIpc) is 3.17. The van der Waals surface area contributed by atoms with Gasteiger partial charge in [-0.2, -0.15) is 8.75 Å². The third-order valence-electron chi connectivity index (χ3n) is 3.51. The lowest BCUT2D eigenvalue weighted by atomic mass is 10.2. The first-order chi connectivity index (χ1) is 11.5. The normalized spacial score (nSPS) is 12.1. The number of aromatic nitrogens is 3. The zero-order chi connectivity index (χ0) is 16.9. The Balaban J connectivity index is 1.82. The molecule has 4 rings (SSSR count). The zero-order valence-corrected chi connectivity index (χ0v) is 14.1. The number of fused-ring (bicyclic) bond motifs is 2. The SMILES string of the molecule is O=S(=O)(Nc1ccc(F)c2nsnc12)c1c[nH]c2cc(Cl)ccc12. The summed E-state index contributed by atoms with van der Waals surface area (Å²) in [4.78, 5) is 2.94. The van der Waals surface area contributed by atoms with Gasteiger partial charge in [0.05, 0.1) is 17.4 Å². The minimum Gasteiger partial charge on any atom is -0.360 e. The molecule has 0 spiro atoms. The van der Waals surface area contributed by atoms with E-state index in [1.165, 1.54) is 12.3 Å². The Morgan fingerprint density at radius 1 is 1.17 bits per heavy atom. The maximum absolute atomic E-state index is 13.7. The van der Waals surface area contributed by atoms with Crippen molar-refractivity contribution in [2.24, 2.45) is 0 Å². The predicted molar refractivity (Wildman–Crippen MR) is 91.5 cm³/mol. The quantitative estimate of drug-likeness (QED) is 0.564. The number of anilines is 1. The van der Waals surface area contributed by atoms with E-state index in [0.717, 1.165) is 17.8 Å². The van der Waals surface area contributed by atoms with E-state index in [1.807, 2.05) is 0 Å². The van der Waals surface area contributed by atoms with Crippen molar-refractivity contribution in [1.29, 1.82) is 0 Å². The van der Waals surface area contributed by atoms with Crippen LogP contribution in [0, 0.1) is 5.82 Å². The van der Waals surface area contributed by atoms with Gasteiger partial charge < -0.3 is 4.98 Å². The fourth-order valence-electron chi connectivity index (χ4n) is 2.41. The molecule has 0 bridgehead atoms. The molecule has 2 heterocycles. The lowest BCUT2D eigenvalue weighted by Crippen LogP contribution is -2.13. The van der Waals surface area contributed by atoms with E-state index in [4.69, 9.17) is 11.6 Å². The average molecular weight is 383 g/mol. The topological polar surface area (TPSA) is 87.7 Å². The number of hydrogen-bond donors (Lipinski definition) is 2. The Hall–Kier alpha value is -2.23. The molecule has 2 N–H and O–H groups in total. The molecule has 0 unspecified atom stereocenters. The standard InChI is InChI=1S/C14H8ClFN4O2S2/c15-7-1-2-8-11(5-7)17-6-12(8)24(21,22)20-10-4-3-9(16)13-14(10)19-23-18-13/h1-6,17,20H.